The minimum atomic E-state index is 0.334. The fraction of sp³-hybridized carbons (Fsp3) is 0.348. The number of fused-ring (bicyclic) bond motifs is 1. The van der Waals surface area contributed by atoms with Gasteiger partial charge in [0.15, 0.2) is 0 Å². The highest BCUT2D eigenvalue weighted by Gasteiger charge is 2.19. The predicted octanol–water partition coefficient (Wildman–Crippen LogP) is 3.68. The molecule has 0 aliphatic carbocycles. The molecule has 5 N–H and O–H groups in total. The number of carbonyl (C=O) groups excluding carboxylic acids is 1. The maximum atomic E-state index is 11.4. The van der Waals surface area contributed by atoms with Crippen molar-refractivity contribution in [2.24, 2.45) is 5.84 Å². The zero-order chi connectivity index (χ0) is 20.4. The highest BCUT2D eigenvalue weighted by molar-refractivity contribution is 5.78. The number of nitrogens with one attached hydrogen (secondary N) is 3. The van der Waals surface area contributed by atoms with Crippen molar-refractivity contribution in [3.05, 3.63) is 77.7 Å². The van der Waals surface area contributed by atoms with Gasteiger partial charge in [0.05, 0.1) is 11.4 Å². The molecular weight excluding hydrogens is 348 g/mol. The number of hydrogen-bond donors (Lipinski definition) is 4. The summed E-state index contributed by atoms with van der Waals surface area (Å²) in [5, 5.41) is 6.98. The number of hydrazine groups is 1. The van der Waals surface area contributed by atoms with Crippen LogP contribution >= 0.6 is 0 Å². The Bertz CT molecular complexity index is 777. The average Bonchev–Trinajstić information content (AvgIpc) is 2.72. The first-order valence-corrected chi connectivity index (χ1v) is 9.94. The van der Waals surface area contributed by atoms with Gasteiger partial charge in [-0.3, -0.25) is 10.6 Å². The summed E-state index contributed by atoms with van der Waals surface area (Å²) in [4.78, 5) is 11.4. The molecule has 0 spiro atoms. The van der Waals surface area contributed by atoms with Gasteiger partial charge in [0.2, 0.25) is 0 Å². The van der Waals surface area contributed by atoms with Gasteiger partial charge in [-0.25, -0.2) is 0 Å². The molecule has 1 aromatic rings. The summed E-state index contributed by atoms with van der Waals surface area (Å²) in [7, 11) is 0. The number of carbonyl (C=O) groups is 1. The number of Topliss-reactive ketones (excluding diaryl/α,β-unsaturated/α-hetero) is 1. The van der Waals surface area contributed by atoms with Crippen LogP contribution in [-0.2, 0) is 11.3 Å². The summed E-state index contributed by atoms with van der Waals surface area (Å²) in [5.41, 5.74) is 8.67. The number of rotatable bonds is 11. The Labute approximate surface area is 168 Å². The van der Waals surface area contributed by atoms with Crippen LogP contribution in [0.1, 0.15) is 50.2 Å². The first kappa shape index (κ1) is 21.5. The maximum absolute atomic E-state index is 11.4. The molecule has 0 bridgehead atoms. The van der Waals surface area contributed by atoms with Gasteiger partial charge in [-0.15, -0.1) is 0 Å². The molecule has 0 unspecified atom stereocenters. The van der Waals surface area contributed by atoms with Crippen molar-refractivity contribution >= 4 is 11.5 Å². The van der Waals surface area contributed by atoms with Crippen LogP contribution in [0, 0.1) is 0 Å². The molecule has 1 aliphatic heterocycles. The topological polar surface area (TPSA) is 79.2 Å². The van der Waals surface area contributed by atoms with Gasteiger partial charge >= 0.3 is 0 Å². The van der Waals surface area contributed by atoms with Crippen molar-refractivity contribution in [1.29, 1.82) is 0 Å². The van der Waals surface area contributed by atoms with Crippen LogP contribution in [0.3, 0.4) is 0 Å². The van der Waals surface area contributed by atoms with Gasteiger partial charge < -0.3 is 16.1 Å². The van der Waals surface area contributed by atoms with E-state index >= 15 is 0 Å². The monoisotopic (exact) mass is 380 g/mol. The van der Waals surface area contributed by atoms with Crippen LogP contribution < -0.4 is 21.9 Å². The molecule has 0 saturated carbocycles. The minimum Gasteiger partial charge on any atom is -0.383 e. The summed E-state index contributed by atoms with van der Waals surface area (Å²) in [6.45, 7) is 11.3. The molecule has 0 atom stereocenters. The molecule has 2 rings (SSSR count). The Morgan fingerprint density at radius 1 is 1.18 bits per heavy atom. The molecule has 0 radical (unpaired) electrons. The Balaban J connectivity index is 2.25. The first-order chi connectivity index (χ1) is 13.7. The van der Waals surface area contributed by atoms with E-state index in [1.807, 2.05) is 25.1 Å². The fourth-order valence-corrected chi connectivity index (χ4v) is 3.35. The Hall–Kier alpha value is -2.79. The van der Waals surface area contributed by atoms with E-state index in [1.165, 1.54) is 0 Å². The standard InChI is InChI=1S/C23H32N4O/c1-4-18(28)13-8-7-11-15-25-22-19(5-2)21(6-3)26-16-17-12-9-10-14-20(17)23(22)27-24/h5-6,9-10,12,14,25-27H,2-4,7-8,11,13,15-16,24H2,1H3/b21-19-,23-22-. The lowest BCUT2D eigenvalue weighted by Crippen LogP contribution is -2.31. The predicted molar refractivity (Wildman–Crippen MR) is 117 cm³/mol. The van der Waals surface area contributed by atoms with Gasteiger partial charge in [-0.2, -0.15) is 0 Å². The molecule has 28 heavy (non-hydrogen) atoms. The van der Waals surface area contributed by atoms with Crippen LogP contribution in [-0.4, -0.2) is 12.3 Å². The number of hydrogen-bond acceptors (Lipinski definition) is 5. The second kappa shape index (κ2) is 11.1. The smallest absolute Gasteiger partial charge is 0.132 e. The second-order valence-corrected chi connectivity index (χ2v) is 6.77. The molecule has 1 heterocycles. The molecule has 5 nitrogen and oxygen atoms in total. The van der Waals surface area contributed by atoms with E-state index in [0.29, 0.717) is 25.2 Å². The second-order valence-electron chi connectivity index (χ2n) is 6.77. The van der Waals surface area contributed by atoms with Crippen LogP contribution in [0.4, 0.5) is 0 Å². The van der Waals surface area contributed by atoms with E-state index in [-0.39, 0.29) is 0 Å². The van der Waals surface area contributed by atoms with Crippen LogP contribution in [0.2, 0.25) is 0 Å². The van der Waals surface area contributed by atoms with E-state index in [2.05, 4.69) is 41.3 Å². The highest BCUT2D eigenvalue weighted by Crippen LogP contribution is 2.27. The van der Waals surface area contributed by atoms with E-state index in [1.54, 1.807) is 6.08 Å². The highest BCUT2D eigenvalue weighted by atomic mass is 16.1. The lowest BCUT2D eigenvalue weighted by Gasteiger charge is -2.25. The van der Waals surface area contributed by atoms with Crippen molar-refractivity contribution < 1.29 is 4.79 Å². The summed E-state index contributed by atoms with van der Waals surface area (Å²) in [5.74, 6) is 6.28. The quantitative estimate of drug-likeness (QED) is 0.268. The average molecular weight is 381 g/mol. The number of benzene rings is 1. The number of unbranched alkanes of at least 4 members (excludes halogenated alkanes) is 2. The van der Waals surface area contributed by atoms with E-state index in [9.17, 15) is 4.79 Å². The molecule has 0 fully saturated rings. The largest absolute Gasteiger partial charge is 0.383 e. The minimum absolute atomic E-state index is 0.334. The molecule has 0 amide bonds. The van der Waals surface area contributed by atoms with Gasteiger partial charge in [-0.1, -0.05) is 56.8 Å². The molecular formula is C23H32N4O. The molecule has 5 heteroatoms. The summed E-state index contributed by atoms with van der Waals surface area (Å²) in [6, 6.07) is 8.17. The van der Waals surface area contributed by atoms with Crippen molar-refractivity contribution in [1.82, 2.24) is 16.1 Å². The van der Waals surface area contributed by atoms with Crippen LogP contribution in [0.5, 0.6) is 0 Å². The third-order valence-corrected chi connectivity index (χ3v) is 4.95. The maximum Gasteiger partial charge on any atom is 0.132 e. The van der Waals surface area contributed by atoms with Gasteiger partial charge in [0, 0.05) is 42.8 Å². The normalized spacial score (nSPS) is 18.9. The van der Waals surface area contributed by atoms with Crippen molar-refractivity contribution in [3.8, 4) is 0 Å². The Kier molecular flexibility index (Phi) is 8.56. The third-order valence-electron chi connectivity index (χ3n) is 4.95. The number of allylic oxidation sites excluding steroid dienone is 2. The summed E-state index contributed by atoms with van der Waals surface area (Å²) in [6.07, 6.45) is 7.83. The van der Waals surface area contributed by atoms with E-state index in [0.717, 1.165) is 59.6 Å². The van der Waals surface area contributed by atoms with Gasteiger partial charge in [0.25, 0.3) is 0 Å². The van der Waals surface area contributed by atoms with Gasteiger partial charge in [-0.05, 0) is 24.5 Å². The summed E-state index contributed by atoms with van der Waals surface area (Å²) < 4.78 is 0. The first-order valence-electron chi connectivity index (χ1n) is 9.94. The van der Waals surface area contributed by atoms with Crippen molar-refractivity contribution in [2.45, 2.75) is 45.6 Å². The number of ketones is 1. The number of nitrogens with two attached hydrogens (primary N) is 1. The third kappa shape index (κ3) is 5.36. The molecule has 150 valence electrons. The van der Waals surface area contributed by atoms with Crippen molar-refractivity contribution in [2.75, 3.05) is 6.54 Å². The molecule has 1 aliphatic rings. The molecule has 0 aromatic heterocycles. The van der Waals surface area contributed by atoms with Crippen LogP contribution in [0.15, 0.2) is 66.5 Å². The van der Waals surface area contributed by atoms with Crippen molar-refractivity contribution in [3.63, 3.8) is 0 Å². The zero-order valence-electron chi connectivity index (χ0n) is 16.8. The Morgan fingerprint density at radius 3 is 2.64 bits per heavy atom. The molecule has 0 saturated heterocycles. The lowest BCUT2D eigenvalue weighted by atomic mass is 9.97. The fourth-order valence-electron chi connectivity index (χ4n) is 3.35. The van der Waals surface area contributed by atoms with E-state index < -0.39 is 0 Å². The lowest BCUT2D eigenvalue weighted by molar-refractivity contribution is -0.118. The van der Waals surface area contributed by atoms with E-state index in [4.69, 9.17) is 5.84 Å². The molecule has 1 aromatic carbocycles. The summed E-state index contributed by atoms with van der Waals surface area (Å²) >= 11 is 0. The zero-order valence-corrected chi connectivity index (χ0v) is 16.8. The SMILES string of the molecule is C=C/C1=C(C=C)/C(NCCCCCC(=O)CC)=C(/NN)c2ccccc2CN1. The Morgan fingerprint density at radius 2 is 1.96 bits per heavy atom. The van der Waals surface area contributed by atoms with Crippen LogP contribution in [0.25, 0.3) is 5.70 Å². The van der Waals surface area contributed by atoms with Gasteiger partial charge in [0.1, 0.15) is 5.78 Å².